The molecule has 0 aromatic carbocycles. The lowest BCUT2D eigenvalue weighted by atomic mass is 9.85. The zero-order valence-electron chi connectivity index (χ0n) is 16.1. The van der Waals surface area contributed by atoms with Crippen molar-refractivity contribution in [3.05, 3.63) is 17.5 Å². The predicted octanol–water partition coefficient (Wildman–Crippen LogP) is 2.98. The molecule has 2 heterocycles. The number of aliphatic hydroxyl groups is 1. The summed E-state index contributed by atoms with van der Waals surface area (Å²) in [5.41, 5.74) is 2.79. The zero-order chi connectivity index (χ0) is 17.6. The number of aromatic nitrogens is 2. The molecule has 0 bridgehead atoms. The topological polar surface area (TPSA) is 55.4 Å². The molecule has 5 nitrogen and oxygen atoms in total. The molecule has 0 amide bonds. The summed E-state index contributed by atoms with van der Waals surface area (Å²) in [5, 5.41) is 17.1. The monoisotopic (exact) mass is 348 g/mol. The van der Waals surface area contributed by atoms with E-state index in [1.165, 1.54) is 43.4 Å². The number of piperazine rings is 1. The molecule has 2 N–H and O–H groups in total. The predicted molar refractivity (Wildman–Crippen MR) is 102 cm³/mol. The number of nitrogens with zero attached hydrogens (tertiary/aromatic N) is 3. The van der Waals surface area contributed by atoms with Crippen molar-refractivity contribution in [3.63, 3.8) is 0 Å². The standard InChI is InChI=1S/C20H36N4O/c1-16(2)13-24-10-9-23(15-19(24)8-11-25)14-18-12-21-22-20(18)17-6-4-3-5-7-17/h12,16-17,19,25H,3-11,13-15H2,1-2H3,(H,21,22)/t19-/m0/s1. The molecular formula is C20H36N4O. The number of H-pyrrole nitrogens is 1. The van der Waals surface area contributed by atoms with Crippen molar-refractivity contribution >= 4 is 0 Å². The summed E-state index contributed by atoms with van der Waals surface area (Å²) < 4.78 is 0. The van der Waals surface area contributed by atoms with Gasteiger partial charge in [0.15, 0.2) is 0 Å². The molecule has 1 saturated carbocycles. The Bertz CT molecular complexity index is 510. The van der Waals surface area contributed by atoms with Gasteiger partial charge in [-0.15, -0.1) is 0 Å². The van der Waals surface area contributed by atoms with E-state index < -0.39 is 0 Å². The maximum atomic E-state index is 9.47. The minimum Gasteiger partial charge on any atom is -0.396 e. The lowest BCUT2D eigenvalue weighted by molar-refractivity contribution is 0.0475. The molecule has 1 aromatic heterocycles. The van der Waals surface area contributed by atoms with Crippen LogP contribution in [-0.4, -0.2) is 63.9 Å². The molecule has 0 spiro atoms. The first-order valence-electron chi connectivity index (χ1n) is 10.3. The molecule has 25 heavy (non-hydrogen) atoms. The lowest BCUT2D eigenvalue weighted by Crippen LogP contribution is -2.53. The number of nitrogens with one attached hydrogen (secondary N) is 1. The molecule has 0 unspecified atom stereocenters. The molecule has 5 heteroatoms. The van der Waals surface area contributed by atoms with E-state index in [0.29, 0.717) is 17.9 Å². The highest BCUT2D eigenvalue weighted by molar-refractivity contribution is 5.21. The molecule has 1 saturated heterocycles. The summed E-state index contributed by atoms with van der Waals surface area (Å²) in [6.45, 7) is 10.3. The highest BCUT2D eigenvalue weighted by atomic mass is 16.3. The van der Waals surface area contributed by atoms with E-state index in [9.17, 15) is 5.11 Å². The number of aliphatic hydroxyl groups excluding tert-OH is 1. The maximum absolute atomic E-state index is 9.47. The van der Waals surface area contributed by atoms with E-state index in [-0.39, 0.29) is 6.61 Å². The van der Waals surface area contributed by atoms with Gasteiger partial charge in [-0.3, -0.25) is 14.9 Å². The number of hydrogen-bond acceptors (Lipinski definition) is 4. The molecule has 1 aliphatic carbocycles. The summed E-state index contributed by atoms with van der Waals surface area (Å²) in [6, 6.07) is 0.478. The van der Waals surface area contributed by atoms with Gasteiger partial charge in [0.2, 0.25) is 0 Å². The minimum atomic E-state index is 0.284. The summed E-state index contributed by atoms with van der Waals surface area (Å²) in [7, 11) is 0. The Hall–Kier alpha value is -0.910. The molecule has 0 radical (unpaired) electrons. The number of aromatic amines is 1. The summed E-state index contributed by atoms with van der Waals surface area (Å²) in [6.07, 6.45) is 9.65. The molecule has 1 aromatic rings. The largest absolute Gasteiger partial charge is 0.396 e. The Kier molecular flexibility index (Phi) is 6.91. The van der Waals surface area contributed by atoms with Gasteiger partial charge in [0.25, 0.3) is 0 Å². The summed E-state index contributed by atoms with van der Waals surface area (Å²) in [4.78, 5) is 5.14. The second-order valence-electron chi connectivity index (χ2n) is 8.43. The fraction of sp³-hybridized carbons (Fsp3) is 0.850. The smallest absolute Gasteiger partial charge is 0.0535 e. The van der Waals surface area contributed by atoms with Gasteiger partial charge in [0, 0.05) is 62.5 Å². The third-order valence-corrected chi connectivity index (χ3v) is 5.91. The quantitative estimate of drug-likeness (QED) is 0.795. The van der Waals surface area contributed by atoms with Crippen LogP contribution in [0, 0.1) is 5.92 Å². The van der Waals surface area contributed by atoms with Gasteiger partial charge in [0.1, 0.15) is 0 Å². The number of rotatable bonds is 7. The Morgan fingerprint density at radius 1 is 1.24 bits per heavy atom. The van der Waals surface area contributed by atoms with E-state index in [4.69, 9.17) is 0 Å². The maximum Gasteiger partial charge on any atom is 0.0535 e. The SMILES string of the molecule is CC(C)CN1CCN(Cc2cn[nH]c2C2CCCCC2)C[C@@H]1CCO. The number of hydrogen-bond donors (Lipinski definition) is 2. The highest BCUT2D eigenvalue weighted by Crippen LogP contribution is 2.33. The molecule has 3 rings (SSSR count). The van der Waals surface area contributed by atoms with Crippen LogP contribution in [0.2, 0.25) is 0 Å². The van der Waals surface area contributed by atoms with Crippen LogP contribution in [0.4, 0.5) is 0 Å². The molecule has 1 aliphatic heterocycles. The Morgan fingerprint density at radius 2 is 2.04 bits per heavy atom. The van der Waals surface area contributed by atoms with Crippen LogP contribution >= 0.6 is 0 Å². The third kappa shape index (κ3) is 5.05. The summed E-state index contributed by atoms with van der Waals surface area (Å²) in [5.74, 6) is 1.36. The van der Waals surface area contributed by atoms with E-state index in [0.717, 1.165) is 39.1 Å². The van der Waals surface area contributed by atoms with Crippen LogP contribution < -0.4 is 0 Å². The Morgan fingerprint density at radius 3 is 2.76 bits per heavy atom. The fourth-order valence-electron chi connectivity index (χ4n) is 4.67. The van der Waals surface area contributed by atoms with Crippen molar-refractivity contribution in [3.8, 4) is 0 Å². The Labute approximate surface area is 152 Å². The van der Waals surface area contributed by atoms with Crippen molar-refractivity contribution in [2.24, 2.45) is 5.92 Å². The average molecular weight is 349 g/mol. The van der Waals surface area contributed by atoms with Crippen molar-refractivity contribution in [2.75, 3.05) is 32.8 Å². The van der Waals surface area contributed by atoms with Crippen LogP contribution in [-0.2, 0) is 6.54 Å². The van der Waals surface area contributed by atoms with Crippen molar-refractivity contribution in [2.45, 2.75) is 70.9 Å². The molecule has 2 fully saturated rings. The van der Waals surface area contributed by atoms with E-state index in [2.05, 4.69) is 33.8 Å². The first-order valence-corrected chi connectivity index (χ1v) is 10.3. The van der Waals surface area contributed by atoms with Crippen molar-refractivity contribution < 1.29 is 5.11 Å². The third-order valence-electron chi connectivity index (χ3n) is 5.91. The van der Waals surface area contributed by atoms with Gasteiger partial charge in [-0.05, 0) is 25.2 Å². The van der Waals surface area contributed by atoms with Gasteiger partial charge in [-0.25, -0.2) is 0 Å². The molecule has 1 atom stereocenters. The van der Waals surface area contributed by atoms with Crippen molar-refractivity contribution in [1.82, 2.24) is 20.0 Å². The lowest BCUT2D eigenvalue weighted by Gasteiger charge is -2.42. The van der Waals surface area contributed by atoms with E-state index in [1.807, 2.05) is 6.20 Å². The normalized spacial score (nSPS) is 24.2. The summed E-state index contributed by atoms with van der Waals surface area (Å²) >= 11 is 0. The second kappa shape index (κ2) is 9.15. The van der Waals surface area contributed by atoms with Crippen LogP contribution in [0.15, 0.2) is 6.20 Å². The fourth-order valence-corrected chi connectivity index (χ4v) is 4.67. The van der Waals surface area contributed by atoms with Crippen LogP contribution in [0.5, 0.6) is 0 Å². The average Bonchev–Trinajstić information content (AvgIpc) is 3.06. The molecule has 142 valence electrons. The first-order chi connectivity index (χ1) is 12.2. The van der Waals surface area contributed by atoms with Gasteiger partial charge in [-0.2, -0.15) is 5.10 Å². The highest BCUT2D eigenvalue weighted by Gasteiger charge is 2.28. The van der Waals surface area contributed by atoms with Gasteiger partial charge >= 0.3 is 0 Å². The molecule has 2 aliphatic rings. The first kappa shape index (κ1) is 18.9. The van der Waals surface area contributed by atoms with Crippen LogP contribution in [0.25, 0.3) is 0 Å². The van der Waals surface area contributed by atoms with E-state index >= 15 is 0 Å². The minimum absolute atomic E-state index is 0.284. The van der Waals surface area contributed by atoms with Crippen molar-refractivity contribution in [1.29, 1.82) is 0 Å². The van der Waals surface area contributed by atoms with E-state index in [1.54, 1.807) is 0 Å². The molecular weight excluding hydrogens is 312 g/mol. The van der Waals surface area contributed by atoms with Gasteiger partial charge < -0.3 is 5.11 Å². The van der Waals surface area contributed by atoms with Crippen LogP contribution in [0.1, 0.15) is 69.5 Å². The van der Waals surface area contributed by atoms with Crippen LogP contribution in [0.3, 0.4) is 0 Å². The van der Waals surface area contributed by atoms with Gasteiger partial charge in [0.05, 0.1) is 6.20 Å². The Balaban J connectivity index is 1.61. The van der Waals surface area contributed by atoms with Gasteiger partial charge in [-0.1, -0.05) is 33.1 Å². The second-order valence-corrected chi connectivity index (χ2v) is 8.43. The zero-order valence-corrected chi connectivity index (χ0v) is 16.1.